The van der Waals surface area contributed by atoms with E-state index < -0.39 is 5.82 Å². The molecule has 1 saturated carbocycles. The zero-order valence-electron chi connectivity index (χ0n) is 11.3. The maximum atomic E-state index is 12.9. The van der Waals surface area contributed by atoms with Gasteiger partial charge in [0, 0.05) is 24.3 Å². The molecule has 4 nitrogen and oxygen atoms in total. The first kappa shape index (κ1) is 13.8. The van der Waals surface area contributed by atoms with Crippen LogP contribution >= 0.6 is 0 Å². The Bertz CT molecular complexity index is 474. The van der Waals surface area contributed by atoms with Gasteiger partial charge < -0.3 is 11.1 Å². The molecule has 0 radical (unpaired) electrons. The van der Waals surface area contributed by atoms with Gasteiger partial charge in [0.25, 0.3) is 5.91 Å². The summed E-state index contributed by atoms with van der Waals surface area (Å²) >= 11 is 0. The molecule has 2 rings (SSSR count). The van der Waals surface area contributed by atoms with Gasteiger partial charge in [0.05, 0.1) is 5.56 Å². The third-order valence-electron chi connectivity index (χ3n) is 3.63. The molecule has 1 aromatic carbocycles. The lowest BCUT2D eigenvalue weighted by Gasteiger charge is -2.24. The third kappa shape index (κ3) is 3.44. The van der Waals surface area contributed by atoms with E-state index in [1.807, 2.05) is 0 Å². The fourth-order valence-corrected chi connectivity index (χ4v) is 2.06. The molecule has 19 heavy (non-hydrogen) atoms. The minimum Gasteiger partial charge on any atom is -0.398 e. The van der Waals surface area contributed by atoms with Crippen LogP contribution in [0.5, 0.6) is 0 Å². The molecule has 0 aliphatic heterocycles. The Morgan fingerprint density at radius 3 is 2.84 bits per heavy atom. The van der Waals surface area contributed by atoms with Gasteiger partial charge in [0.1, 0.15) is 5.82 Å². The molecular weight excluding hydrogens is 245 g/mol. The smallest absolute Gasteiger partial charge is 0.253 e. The third-order valence-corrected chi connectivity index (χ3v) is 3.63. The van der Waals surface area contributed by atoms with Crippen LogP contribution in [0.25, 0.3) is 0 Å². The maximum Gasteiger partial charge on any atom is 0.253 e. The van der Waals surface area contributed by atoms with Crippen LogP contribution in [0.2, 0.25) is 0 Å². The van der Waals surface area contributed by atoms with E-state index in [4.69, 9.17) is 5.73 Å². The zero-order valence-corrected chi connectivity index (χ0v) is 11.3. The molecule has 1 aliphatic carbocycles. The van der Waals surface area contributed by atoms with Gasteiger partial charge in [-0.1, -0.05) is 0 Å². The SMILES string of the molecule is CC(CNC(=O)c1ccc(F)cc1N)N(C)C1CC1. The second-order valence-corrected chi connectivity index (χ2v) is 5.19. The molecule has 3 N–H and O–H groups in total. The average molecular weight is 265 g/mol. The van der Waals surface area contributed by atoms with E-state index in [0.29, 0.717) is 18.2 Å². The van der Waals surface area contributed by atoms with Gasteiger partial charge in [-0.15, -0.1) is 0 Å². The molecule has 1 unspecified atom stereocenters. The van der Waals surface area contributed by atoms with Crippen molar-refractivity contribution in [3.8, 4) is 0 Å². The second-order valence-electron chi connectivity index (χ2n) is 5.19. The monoisotopic (exact) mass is 265 g/mol. The number of carbonyl (C=O) groups excluding carboxylic acids is 1. The number of nitrogens with one attached hydrogen (secondary N) is 1. The number of hydrogen-bond acceptors (Lipinski definition) is 3. The molecule has 1 amide bonds. The number of nitrogens with zero attached hydrogens (tertiary/aromatic N) is 1. The van der Waals surface area contributed by atoms with Gasteiger partial charge in [-0.2, -0.15) is 0 Å². The molecule has 0 bridgehead atoms. The number of carbonyl (C=O) groups is 1. The first-order chi connectivity index (χ1) is 8.99. The van der Waals surface area contributed by atoms with Crippen molar-refractivity contribution in [1.82, 2.24) is 10.2 Å². The van der Waals surface area contributed by atoms with Gasteiger partial charge in [-0.25, -0.2) is 4.39 Å². The normalized spacial score (nSPS) is 16.4. The number of benzene rings is 1. The molecule has 0 aromatic heterocycles. The summed E-state index contributed by atoms with van der Waals surface area (Å²) in [5.74, 6) is -0.690. The second kappa shape index (κ2) is 5.57. The summed E-state index contributed by atoms with van der Waals surface area (Å²) in [7, 11) is 2.07. The van der Waals surface area contributed by atoms with E-state index in [9.17, 15) is 9.18 Å². The average Bonchev–Trinajstić information content (AvgIpc) is 3.18. The highest BCUT2D eigenvalue weighted by atomic mass is 19.1. The summed E-state index contributed by atoms with van der Waals surface area (Å²) in [5, 5.41) is 2.84. The largest absolute Gasteiger partial charge is 0.398 e. The minimum atomic E-state index is -0.434. The Hall–Kier alpha value is -1.62. The summed E-state index contributed by atoms with van der Waals surface area (Å²) in [6.07, 6.45) is 2.47. The van der Waals surface area contributed by atoms with Crippen LogP contribution < -0.4 is 11.1 Å². The van der Waals surface area contributed by atoms with Crippen LogP contribution in [0.3, 0.4) is 0 Å². The number of anilines is 1. The van der Waals surface area contributed by atoms with Gasteiger partial charge in [-0.3, -0.25) is 9.69 Å². The Morgan fingerprint density at radius 1 is 1.58 bits per heavy atom. The molecule has 5 heteroatoms. The van der Waals surface area contributed by atoms with E-state index in [0.717, 1.165) is 6.07 Å². The van der Waals surface area contributed by atoms with Crippen LogP contribution in [0.1, 0.15) is 30.1 Å². The summed E-state index contributed by atoms with van der Waals surface area (Å²) in [6.45, 7) is 2.63. The number of hydrogen-bond donors (Lipinski definition) is 2. The highest BCUT2D eigenvalue weighted by Crippen LogP contribution is 2.26. The maximum absolute atomic E-state index is 12.9. The van der Waals surface area contributed by atoms with Crippen molar-refractivity contribution >= 4 is 11.6 Å². The van der Waals surface area contributed by atoms with E-state index in [2.05, 4.69) is 24.2 Å². The van der Waals surface area contributed by atoms with Gasteiger partial charge >= 0.3 is 0 Å². The Kier molecular flexibility index (Phi) is 4.04. The van der Waals surface area contributed by atoms with Crippen molar-refractivity contribution in [2.24, 2.45) is 0 Å². The van der Waals surface area contributed by atoms with Crippen molar-refractivity contribution in [1.29, 1.82) is 0 Å². The highest BCUT2D eigenvalue weighted by molar-refractivity contribution is 5.99. The molecular formula is C14H20FN3O. The predicted molar refractivity (Wildman–Crippen MR) is 73.4 cm³/mol. The quantitative estimate of drug-likeness (QED) is 0.795. The predicted octanol–water partition coefficient (Wildman–Crippen LogP) is 1.62. The van der Waals surface area contributed by atoms with Gasteiger partial charge in [0.15, 0.2) is 0 Å². The lowest BCUT2D eigenvalue weighted by Crippen LogP contribution is -2.41. The van der Waals surface area contributed by atoms with Crippen molar-refractivity contribution in [2.45, 2.75) is 31.8 Å². The summed E-state index contributed by atoms with van der Waals surface area (Å²) in [5.41, 5.74) is 6.12. The van der Waals surface area contributed by atoms with Crippen molar-refractivity contribution in [3.63, 3.8) is 0 Å². The number of nitrogen functional groups attached to an aromatic ring is 1. The fraction of sp³-hybridized carbons (Fsp3) is 0.500. The molecule has 0 heterocycles. The number of amides is 1. The Morgan fingerprint density at radius 2 is 2.26 bits per heavy atom. The van der Waals surface area contributed by atoms with Crippen LogP contribution in [0.4, 0.5) is 10.1 Å². The van der Waals surface area contributed by atoms with Crippen molar-refractivity contribution in [3.05, 3.63) is 29.6 Å². The van der Waals surface area contributed by atoms with E-state index in [1.54, 1.807) is 0 Å². The standard InChI is InChI=1S/C14H20FN3O/c1-9(18(2)11-4-5-11)8-17-14(19)12-6-3-10(15)7-13(12)16/h3,6-7,9,11H,4-5,8,16H2,1-2H3,(H,17,19). The minimum absolute atomic E-state index is 0.167. The first-order valence-corrected chi connectivity index (χ1v) is 6.54. The fourth-order valence-electron chi connectivity index (χ4n) is 2.06. The number of rotatable bonds is 5. The summed E-state index contributed by atoms with van der Waals surface area (Å²) in [4.78, 5) is 14.2. The zero-order chi connectivity index (χ0) is 14.0. The molecule has 1 aromatic rings. The van der Waals surface area contributed by atoms with E-state index in [1.165, 1.54) is 25.0 Å². The van der Waals surface area contributed by atoms with Crippen LogP contribution in [-0.2, 0) is 0 Å². The van der Waals surface area contributed by atoms with E-state index >= 15 is 0 Å². The van der Waals surface area contributed by atoms with Crippen LogP contribution in [0, 0.1) is 5.82 Å². The molecule has 104 valence electrons. The van der Waals surface area contributed by atoms with Crippen LogP contribution in [0.15, 0.2) is 18.2 Å². The molecule has 0 saturated heterocycles. The lowest BCUT2D eigenvalue weighted by atomic mass is 10.1. The molecule has 1 aliphatic rings. The number of nitrogens with two attached hydrogens (primary N) is 1. The summed E-state index contributed by atoms with van der Waals surface area (Å²) in [6, 6.07) is 4.75. The van der Waals surface area contributed by atoms with Crippen molar-refractivity contribution in [2.75, 3.05) is 19.3 Å². The first-order valence-electron chi connectivity index (χ1n) is 6.54. The van der Waals surface area contributed by atoms with E-state index in [-0.39, 0.29) is 17.6 Å². The highest BCUT2D eigenvalue weighted by Gasteiger charge is 2.29. The van der Waals surface area contributed by atoms with Gasteiger partial charge in [0.2, 0.25) is 0 Å². The van der Waals surface area contributed by atoms with Crippen LogP contribution in [-0.4, -0.2) is 36.5 Å². The molecule has 1 fully saturated rings. The Balaban J connectivity index is 1.89. The topological polar surface area (TPSA) is 58.4 Å². The number of likely N-dealkylation sites (N-methyl/N-ethyl adjacent to an activating group) is 1. The molecule has 0 spiro atoms. The van der Waals surface area contributed by atoms with Crippen molar-refractivity contribution < 1.29 is 9.18 Å². The Labute approximate surface area is 112 Å². The van der Waals surface area contributed by atoms with Gasteiger partial charge in [-0.05, 0) is 45.0 Å². The molecule has 1 atom stereocenters. The lowest BCUT2D eigenvalue weighted by molar-refractivity contribution is 0.0940. The summed E-state index contributed by atoms with van der Waals surface area (Å²) < 4.78 is 12.9. The number of halogens is 1.